The lowest BCUT2D eigenvalue weighted by Gasteiger charge is -2.12. The molecule has 3 rings (SSSR count). The van der Waals surface area contributed by atoms with Crippen LogP contribution in [-0.2, 0) is 4.79 Å². The monoisotopic (exact) mass is 356 g/mol. The summed E-state index contributed by atoms with van der Waals surface area (Å²) in [5.41, 5.74) is 5.78. The average molecular weight is 356 g/mol. The van der Waals surface area contributed by atoms with Gasteiger partial charge >= 0.3 is 0 Å². The Morgan fingerprint density at radius 2 is 1.80 bits per heavy atom. The van der Waals surface area contributed by atoms with E-state index in [0.717, 1.165) is 22.5 Å². The molecule has 0 aliphatic heterocycles. The van der Waals surface area contributed by atoms with Crippen LogP contribution < -0.4 is 10.9 Å². The number of hydrogen-bond acceptors (Lipinski definition) is 4. The van der Waals surface area contributed by atoms with E-state index in [1.54, 1.807) is 0 Å². The number of carbonyl (C=O) groups excluding carboxylic acids is 1. The van der Waals surface area contributed by atoms with Crippen molar-refractivity contribution < 1.29 is 4.79 Å². The molecule has 0 unspecified atom stereocenters. The van der Waals surface area contributed by atoms with Crippen molar-refractivity contribution in [1.29, 1.82) is 0 Å². The first-order chi connectivity index (χ1) is 11.8. The molecule has 0 bridgehead atoms. The van der Waals surface area contributed by atoms with Crippen LogP contribution in [0, 0.1) is 27.7 Å². The van der Waals surface area contributed by atoms with Crippen LogP contribution >= 0.6 is 11.8 Å². The van der Waals surface area contributed by atoms with Gasteiger partial charge in [0, 0.05) is 11.4 Å². The molecule has 2 heterocycles. The van der Waals surface area contributed by atoms with Crippen LogP contribution in [0.3, 0.4) is 0 Å². The second kappa shape index (κ2) is 6.76. The number of aryl methyl sites for hydroxylation is 4. The molecule has 0 spiro atoms. The average Bonchev–Trinajstić information content (AvgIpc) is 2.90. The molecule has 7 heteroatoms. The Kier molecular flexibility index (Phi) is 4.67. The number of carbonyl (C=O) groups is 1. The molecule has 1 aromatic carbocycles. The topological polar surface area (TPSA) is 90.6 Å². The summed E-state index contributed by atoms with van der Waals surface area (Å²) in [4.78, 5) is 34.3. The van der Waals surface area contributed by atoms with E-state index in [0.29, 0.717) is 16.2 Å². The SMILES string of the molecule is Cc1cc(C)c(NC(=O)CSc2nc3cc(C)[nH]c3c(=O)[nH]2)c(C)c1. The lowest BCUT2D eigenvalue weighted by molar-refractivity contribution is -0.113. The Balaban J connectivity index is 1.72. The summed E-state index contributed by atoms with van der Waals surface area (Å²) in [5, 5.41) is 3.38. The maximum atomic E-state index is 12.3. The van der Waals surface area contributed by atoms with Gasteiger partial charge in [-0.25, -0.2) is 4.98 Å². The number of aromatic amines is 2. The Morgan fingerprint density at radius 1 is 1.12 bits per heavy atom. The van der Waals surface area contributed by atoms with E-state index in [2.05, 4.69) is 20.3 Å². The number of amides is 1. The first kappa shape index (κ1) is 17.3. The summed E-state index contributed by atoms with van der Waals surface area (Å²) in [5.74, 6) is 0.0398. The molecule has 2 aromatic heterocycles. The summed E-state index contributed by atoms with van der Waals surface area (Å²) in [6, 6.07) is 5.89. The van der Waals surface area contributed by atoms with Crippen LogP contribution in [0.2, 0.25) is 0 Å². The molecule has 0 saturated heterocycles. The molecule has 1 amide bonds. The fraction of sp³-hybridized carbons (Fsp3) is 0.278. The van der Waals surface area contributed by atoms with Crippen molar-refractivity contribution in [2.45, 2.75) is 32.9 Å². The van der Waals surface area contributed by atoms with E-state index in [9.17, 15) is 9.59 Å². The Morgan fingerprint density at radius 3 is 2.48 bits per heavy atom. The van der Waals surface area contributed by atoms with E-state index in [-0.39, 0.29) is 17.2 Å². The third kappa shape index (κ3) is 3.76. The highest BCUT2D eigenvalue weighted by molar-refractivity contribution is 7.99. The molecule has 0 aliphatic rings. The van der Waals surface area contributed by atoms with E-state index in [4.69, 9.17) is 0 Å². The summed E-state index contributed by atoms with van der Waals surface area (Å²) < 4.78 is 0. The van der Waals surface area contributed by atoms with Crippen LogP contribution in [-0.4, -0.2) is 26.6 Å². The molecule has 6 nitrogen and oxygen atoms in total. The highest BCUT2D eigenvalue weighted by Crippen LogP contribution is 2.22. The zero-order valence-electron chi connectivity index (χ0n) is 14.6. The van der Waals surface area contributed by atoms with Crippen molar-refractivity contribution in [3.8, 4) is 0 Å². The van der Waals surface area contributed by atoms with Gasteiger partial charge < -0.3 is 10.3 Å². The molecule has 0 atom stereocenters. The fourth-order valence-corrected chi connectivity index (χ4v) is 3.56. The van der Waals surface area contributed by atoms with Crippen molar-refractivity contribution in [3.05, 3.63) is 50.9 Å². The second-order valence-electron chi connectivity index (χ2n) is 6.19. The largest absolute Gasteiger partial charge is 0.353 e. The first-order valence-electron chi connectivity index (χ1n) is 7.93. The van der Waals surface area contributed by atoms with E-state index in [1.165, 1.54) is 17.3 Å². The predicted octanol–water partition coefficient (Wildman–Crippen LogP) is 3.22. The predicted molar refractivity (Wildman–Crippen MR) is 101 cm³/mol. The number of thioether (sulfide) groups is 1. The number of anilines is 1. The van der Waals surface area contributed by atoms with Crippen LogP contribution in [0.15, 0.2) is 28.2 Å². The van der Waals surface area contributed by atoms with E-state index < -0.39 is 0 Å². The number of benzene rings is 1. The molecule has 0 radical (unpaired) electrons. The van der Waals surface area contributed by atoms with E-state index in [1.807, 2.05) is 45.9 Å². The minimum atomic E-state index is -0.230. The molecular formula is C18H20N4O2S. The zero-order chi connectivity index (χ0) is 18.1. The highest BCUT2D eigenvalue weighted by Gasteiger charge is 2.11. The van der Waals surface area contributed by atoms with Gasteiger partial charge in [-0.15, -0.1) is 0 Å². The molecular weight excluding hydrogens is 336 g/mol. The Labute approximate surface area is 149 Å². The number of H-pyrrole nitrogens is 2. The van der Waals surface area contributed by atoms with Crippen molar-refractivity contribution in [2.24, 2.45) is 0 Å². The zero-order valence-corrected chi connectivity index (χ0v) is 15.4. The summed E-state index contributed by atoms with van der Waals surface area (Å²) in [6.07, 6.45) is 0. The molecule has 25 heavy (non-hydrogen) atoms. The molecule has 0 aliphatic carbocycles. The van der Waals surface area contributed by atoms with Crippen molar-refractivity contribution >= 4 is 34.4 Å². The molecule has 130 valence electrons. The van der Waals surface area contributed by atoms with Gasteiger partial charge in [-0.2, -0.15) is 0 Å². The molecule has 3 aromatic rings. The Bertz CT molecular complexity index is 997. The maximum absolute atomic E-state index is 12.3. The number of fused-ring (bicyclic) bond motifs is 1. The maximum Gasteiger partial charge on any atom is 0.275 e. The normalized spacial score (nSPS) is 11.0. The lowest BCUT2D eigenvalue weighted by Crippen LogP contribution is -2.17. The summed E-state index contributed by atoms with van der Waals surface area (Å²) >= 11 is 1.21. The molecule has 0 fully saturated rings. The molecule has 3 N–H and O–H groups in total. The third-order valence-electron chi connectivity index (χ3n) is 3.88. The van der Waals surface area contributed by atoms with Gasteiger partial charge in [-0.3, -0.25) is 14.6 Å². The van der Waals surface area contributed by atoms with Crippen molar-refractivity contribution in [1.82, 2.24) is 15.0 Å². The number of nitrogens with one attached hydrogen (secondary N) is 3. The van der Waals surface area contributed by atoms with E-state index >= 15 is 0 Å². The number of aromatic nitrogens is 3. The standard InChI is InChI=1S/C18H20N4O2S/c1-9-5-10(2)15(11(3)6-9)21-14(23)8-25-18-20-13-7-12(4)19-16(13)17(24)22-18/h5-7,19H,8H2,1-4H3,(H,21,23)(H,20,22,24). The third-order valence-corrected chi connectivity index (χ3v) is 4.76. The van der Waals surface area contributed by atoms with Gasteiger partial charge in [0.15, 0.2) is 5.16 Å². The first-order valence-corrected chi connectivity index (χ1v) is 8.92. The van der Waals surface area contributed by atoms with Crippen LogP contribution in [0.25, 0.3) is 11.0 Å². The van der Waals surface area contributed by atoms with Crippen LogP contribution in [0.5, 0.6) is 0 Å². The second-order valence-corrected chi connectivity index (χ2v) is 7.16. The van der Waals surface area contributed by atoms with Gasteiger partial charge in [-0.05, 0) is 44.9 Å². The quantitative estimate of drug-likeness (QED) is 0.494. The number of nitrogens with zero attached hydrogens (tertiary/aromatic N) is 1. The summed E-state index contributed by atoms with van der Waals surface area (Å²) in [7, 11) is 0. The molecule has 0 saturated carbocycles. The summed E-state index contributed by atoms with van der Waals surface area (Å²) in [6.45, 7) is 7.85. The van der Waals surface area contributed by atoms with Gasteiger partial charge in [0.05, 0.1) is 11.3 Å². The fourth-order valence-electron chi connectivity index (χ4n) is 2.89. The Hall–Kier alpha value is -2.54. The minimum Gasteiger partial charge on any atom is -0.353 e. The minimum absolute atomic E-state index is 0.131. The van der Waals surface area contributed by atoms with Gasteiger partial charge in [0.25, 0.3) is 5.56 Å². The van der Waals surface area contributed by atoms with Crippen LogP contribution in [0.4, 0.5) is 5.69 Å². The van der Waals surface area contributed by atoms with Crippen molar-refractivity contribution in [2.75, 3.05) is 11.1 Å². The smallest absolute Gasteiger partial charge is 0.275 e. The van der Waals surface area contributed by atoms with Crippen LogP contribution in [0.1, 0.15) is 22.4 Å². The lowest BCUT2D eigenvalue weighted by atomic mass is 10.1. The number of rotatable bonds is 4. The van der Waals surface area contributed by atoms with Gasteiger partial charge in [0.1, 0.15) is 5.52 Å². The van der Waals surface area contributed by atoms with Gasteiger partial charge in [0.2, 0.25) is 5.91 Å². The van der Waals surface area contributed by atoms with Crippen molar-refractivity contribution in [3.63, 3.8) is 0 Å². The number of hydrogen-bond donors (Lipinski definition) is 3. The van der Waals surface area contributed by atoms with Gasteiger partial charge in [-0.1, -0.05) is 29.5 Å². The highest BCUT2D eigenvalue weighted by atomic mass is 32.2.